The van der Waals surface area contributed by atoms with Crippen molar-refractivity contribution < 1.29 is 22.7 Å². The van der Waals surface area contributed by atoms with E-state index in [0.717, 1.165) is 16.1 Å². The van der Waals surface area contributed by atoms with E-state index in [0.29, 0.717) is 23.6 Å². The van der Waals surface area contributed by atoms with Crippen molar-refractivity contribution >= 4 is 21.6 Å². The number of ether oxygens (including phenoxy) is 2. The quantitative estimate of drug-likeness (QED) is 0.692. The number of carbonyl (C=O) groups is 1. The van der Waals surface area contributed by atoms with Gasteiger partial charge < -0.3 is 14.8 Å². The van der Waals surface area contributed by atoms with Crippen LogP contribution in [-0.4, -0.2) is 40.8 Å². The van der Waals surface area contributed by atoms with Gasteiger partial charge in [-0.25, -0.2) is 8.42 Å². The van der Waals surface area contributed by atoms with Crippen molar-refractivity contribution in [2.75, 3.05) is 24.8 Å². The molecule has 1 N–H and O–H groups in total. The van der Waals surface area contributed by atoms with Crippen molar-refractivity contribution in [2.24, 2.45) is 0 Å². The minimum atomic E-state index is -3.70. The fraction of sp³-hybridized carbons (Fsp3) is 0.350. The second-order valence-corrected chi connectivity index (χ2v) is 8.07. The van der Waals surface area contributed by atoms with Gasteiger partial charge in [0.15, 0.2) is 0 Å². The van der Waals surface area contributed by atoms with E-state index in [1.165, 1.54) is 7.11 Å². The third-order valence-electron chi connectivity index (χ3n) is 4.28. The van der Waals surface area contributed by atoms with E-state index in [2.05, 4.69) is 5.32 Å². The fourth-order valence-electron chi connectivity index (χ4n) is 2.96. The van der Waals surface area contributed by atoms with E-state index in [4.69, 9.17) is 9.47 Å². The molecule has 0 bridgehead atoms. The van der Waals surface area contributed by atoms with E-state index < -0.39 is 16.1 Å². The van der Waals surface area contributed by atoms with Crippen LogP contribution in [-0.2, 0) is 21.4 Å². The van der Waals surface area contributed by atoms with Crippen molar-refractivity contribution in [3.05, 3.63) is 54.1 Å². The molecule has 152 valence electrons. The Morgan fingerprint density at radius 2 is 1.82 bits per heavy atom. The Balaban J connectivity index is 2.28. The first-order valence-electron chi connectivity index (χ1n) is 8.84. The Morgan fingerprint density at radius 3 is 2.43 bits per heavy atom. The molecule has 2 aromatic rings. The Morgan fingerprint density at radius 1 is 1.11 bits per heavy atom. The van der Waals surface area contributed by atoms with Gasteiger partial charge in [0.1, 0.15) is 17.5 Å². The number of hydrogen-bond acceptors (Lipinski definition) is 5. The lowest BCUT2D eigenvalue weighted by atomic mass is 10.1. The zero-order valence-electron chi connectivity index (χ0n) is 16.5. The molecule has 0 aliphatic carbocycles. The van der Waals surface area contributed by atoms with Crippen LogP contribution >= 0.6 is 0 Å². The van der Waals surface area contributed by atoms with Gasteiger partial charge in [-0.05, 0) is 24.6 Å². The normalized spacial score (nSPS) is 12.1. The third-order valence-corrected chi connectivity index (χ3v) is 5.46. The fourth-order valence-corrected chi connectivity index (χ4v) is 4.16. The summed E-state index contributed by atoms with van der Waals surface area (Å²) in [6.45, 7) is 2.00. The minimum absolute atomic E-state index is 0.231. The van der Waals surface area contributed by atoms with Gasteiger partial charge in [0.05, 0.1) is 26.2 Å². The summed E-state index contributed by atoms with van der Waals surface area (Å²) in [4.78, 5) is 12.9. The van der Waals surface area contributed by atoms with Crippen molar-refractivity contribution in [1.82, 2.24) is 5.32 Å². The standard InChI is InChI=1S/C20H26N2O5S/c1-5-18(20(23)21-14-15-9-6-7-12-19(15)27-3)22(28(4,24)25)16-10-8-11-17(13-16)26-2/h6-13,18H,5,14H2,1-4H3,(H,21,23). The van der Waals surface area contributed by atoms with Gasteiger partial charge in [0.2, 0.25) is 15.9 Å². The number of para-hydroxylation sites is 1. The number of carbonyl (C=O) groups excluding carboxylic acids is 1. The van der Waals surface area contributed by atoms with E-state index in [-0.39, 0.29) is 12.5 Å². The lowest BCUT2D eigenvalue weighted by molar-refractivity contribution is -0.122. The van der Waals surface area contributed by atoms with E-state index in [1.807, 2.05) is 18.2 Å². The molecule has 28 heavy (non-hydrogen) atoms. The second kappa shape index (κ2) is 9.45. The monoisotopic (exact) mass is 406 g/mol. The highest BCUT2D eigenvalue weighted by Gasteiger charge is 2.31. The van der Waals surface area contributed by atoms with E-state index >= 15 is 0 Å². The van der Waals surface area contributed by atoms with Crippen LogP contribution in [0.25, 0.3) is 0 Å². The first-order chi connectivity index (χ1) is 13.3. The lowest BCUT2D eigenvalue weighted by Gasteiger charge is -2.30. The van der Waals surface area contributed by atoms with Crippen LogP contribution in [0.2, 0.25) is 0 Å². The predicted molar refractivity (Wildman–Crippen MR) is 109 cm³/mol. The number of benzene rings is 2. The minimum Gasteiger partial charge on any atom is -0.497 e. The van der Waals surface area contributed by atoms with E-state index in [9.17, 15) is 13.2 Å². The molecule has 0 aromatic heterocycles. The summed E-state index contributed by atoms with van der Waals surface area (Å²) >= 11 is 0. The molecule has 0 spiro atoms. The van der Waals surface area contributed by atoms with Crippen molar-refractivity contribution in [2.45, 2.75) is 25.9 Å². The molecule has 0 heterocycles. The molecule has 2 aromatic carbocycles. The highest BCUT2D eigenvalue weighted by Crippen LogP contribution is 2.26. The lowest BCUT2D eigenvalue weighted by Crippen LogP contribution is -2.49. The summed E-state index contributed by atoms with van der Waals surface area (Å²) in [5.74, 6) is 0.778. The van der Waals surface area contributed by atoms with Crippen LogP contribution in [0, 0.1) is 0 Å². The number of rotatable bonds is 9. The van der Waals surface area contributed by atoms with Gasteiger partial charge in [0.25, 0.3) is 0 Å². The summed E-state index contributed by atoms with van der Waals surface area (Å²) in [6, 6.07) is 13.1. The SMILES string of the molecule is CCC(C(=O)NCc1ccccc1OC)N(c1cccc(OC)c1)S(C)(=O)=O. The Hall–Kier alpha value is -2.74. The van der Waals surface area contributed by atoms with Gasteiger partial charge >= 0.3 is 0 Å². The molecule has 0 aliphatic rings. The van der Waals surface area contributed by atoms with Crippen LogP contribution < -0.4 is 19.1 Å². The Kier molecular flexibility index (Phi) is 7.28. The zero-order valence-corrected chi connectivity index (χ0v) is 17.3. The maximum atomic E-state index is 12.9. The Labute approximate surface area is 166 Å². The van der Waals surface area contributed by atoms with Crippen LogP contribution in [0.1, 0.15) is 18.9 Å². The smallest absolute Gasteiger partial charge is 0.244 e. The van der Waals surface area contributed by atoms with Crippen molar-refractivity contribution in [3.63, 3.8) is 0 Å². The Bertz CT molecular complexity index is 914. The average molecular weight is 407 g/mol. The van der Waals surface area contributed by atoms with Crippen molar-refractivity contribution in [3.8, 4) is 11.5 Å². The highest BCUT2D eigenvalue weighted by atomic mass is 32.2. The number of methoxy groups -OCH3 is 2. The maximum Gasteiger partial charge on any atom is 0.244 e. The van der Waals surface area contributed by atoms with Gasteiger partial charge in [0, 0.05) is 18.2 Å². The number of sulfonamides is 1. The number of nitrogens with zero attached hydrogens (tertiary/aromatic N) is 1. The number of amides is 1. The van der Waals surface area contributed by atoms with Gasteiger partial charge in [-0.15, -0.1) is 0 Å². The van der Waals surface area contributed by atoms with Gasteiger partial charge in [-0.2, -0.15) is 0 Å². The molecule has 1 unspecified atom stereocenters. The number of anilines is 1. The van der Waals surface area contributed by atoms with E-state index in [1.54, 1.807) is 44.4 Å². The number of nitrogens with one attached hydrogen (secondary N) is 1. The third kappa shape index (κ3) is 5.16. The summed E-state index contributed by atoms with van der Waals surface area (Å²) in [5, 5.41) is 2.82. The maximum absolute atomic E-state index is 12.9. The zero-order chi connectivity index (χ0) is 20.7. The predicted octanol–water partition coefficient (Wildman–Crippen LogP) is 2.56. The summed E-state index contributed by atoms with van der Waals surface area (Å²) in [7, 11) is -0.642. The molecule has 2 rings (SSSR count). The van der Waals surface area contributed by atoms with Crippen LogP contribution in [0.4, 0.5) is 5.69 Å². The summed E-state index contributed by atoms with van der Waals surface area (Å²) in [6.07, 6.45) is 1.39. The molecule has 7 nitrogen and oxygen atoms in total. The molecular weight excluding hydrogens is 380 g/mol. The topological polar surface area (TPSA) is 84.9 Å². The van der Waals surface area contributed by atoms with Gasteiger partial charge in [-0.1, -0.05) is 31.2 Å². The molecular formula is C20H26N2O5S. The molecule has 1 amide bonds. The largest absolute Gasteiger partial charge is 0.497 e. The highest BCUT2D eigenvalue weighted by molar-refractivity contribution is 7.92. The van der Waals surface area contributed by atoms with Crippen molar-refractivity contribution in [1.29, 1.82) is 0 Å². The molecule has 1 atom stereocenters. The molecule has 0 saturated heterocycles. The first kappa shape index (κ1) is 21.6. The average Bonchev–Trinajstić information content (AvgIpc) is 2.69. The molecule has 0 fully saturated rings. The van der Waals surface area contributed by atoms with Gasteiger partial charge in [-0.3, -0.25) is 9.10 Å². The van der Waals surface area contributed by atoms with Crippen LogP contribution in [0.5, 0.6) is 11.5 Å². The van der Waals surface area contributed by atoms with Crippen LogP contribution in [0.15, 0.2) is 48.5 Å². The molecule has 0 radical (unpaired) electrons. The number of hydrogen-bond donors (Lipinski definition) is 1. The summed E-state index contributed by atoms with van der Waals surface area (Å²) in [5.41, 5.74) is 1.18. The first-order valence-corrected chi connectivity index (χ1v) is 10.7. The summed E-state index contributed by atoms with van der Waals surface area (Å²) < 4.78 is 36.6. The molecule has 8 heteroatoms. The second-order valence-electron chi connectivity index (χ2n) is 6.21. The molecule has 0 saturated carbocycles. The van der Waals surface area contributed by atoms with Crippen LogP contribution in [0.3, 0.4) is 0 Å². The molecule has 0 aliphatic heterocycles.